The Morgan fingerprint density at radius 1 is 1.24 bits per heavy atom. The highest BCUT2D eigenvalue weighted by Gasteiger charge is 2.32. The molecule has 0 aromatic heterocycles. The molecule has 0 amide bonds. The lowest BCUT2D eigenvalue weighted by molar-refractivity contribution is 0.217. The van der Waals surface area contributed by atoms with E-state index in [-0.39, 0.29) is 11.2 Å². The Morgan fingerprint density at radius 3 is 2.53 bits per heavy atom. The van der Waals surface area contributed by atoms with Gasteiger partial charge in [-0.2, -0.15) is 0 Å². The number of hydrogen-bond acceptors (Lipinski definition) is 0. The van der Waals surface area contributed by atoms with Gasteiger partial charge in [-0.25, -0.2) is 4.39 Å². The molecule has 0 aliphatic heterocycles. The predicted molar refractivity (Wildman–Crippen MR) is 74.0 cm³/mol. The molecule has 2 rings (SSSR count). The van der Waals surface area contributed by atoms with Gasteiger partial charge in [-0.15, -0.1) is 11.6 Å². The quantitative estimate of drug-likeness (QED) is 0.661. The maximum Gasteiger partial charge on any atom is 0.127 e. The van der Waals surface area contributed by atoms with Crippen molar-refractivity contribution in [1.82, 2.24) is 0 Å². The van der Waals surface area contributed by atoms with Crippen molar-refractivity contribution in [1.29, 1.82) is 0 Å². The average molecular weight is 320 g/mol. The molecule has 0 spiro atoms. The largest absolute Gasteiger partial charge is 0.207 e. The van der Waals surface area contributed by atoms with Crippen molar-refractivity contribution in [2.75, 3.05) is 5.88 Å². The average Bonchev–Trinajstić information content (AvgIpc) is 2.34. The highest BCUT2D eigenvalue weighted by atomic mass is 79.9. The van der Waals surface area contributed by atoms with Crippen LogP contribution in [0.5, 0.6) is 0 Å². The van der Waals surface area contributed by atoms with Crippen LogP contribution in [0.4, 0.5) is 4.39 Å². The van der Waals surface area contributed by atoms with Crippen LogP contribution in [0.25, 0.3) is 0 Å². The smallest absolute Gasteiger partial charge is 0.127 e. The first kappa shape index (κ1) is 13.4. The monoisotopic (exact) mass is 318 g/mol. The molecule has 1 aromatic rings. The van der Waals surface area contributed by atoms with Crippen molar-refractivity contribution >= 4 is 27.5 Å². The first-order chi connectivity index (χ1) is 8.15. The van der Waals surface area contributed by atoms with E-state index in [9.17, 15) is 4.39 Å². The highest BCUT2D eigenvalue weighted by molar-refractivity contribution is 9.10. The van der Waals surface area contributed by atoms with Crippen LogP contribution < -0.4 is 0 Å². The van der Waals surface area contributed by atoms with E-state index in [0.29, 0.717) is 5.88 Å². The minimum absolute atomic E-state index is 0.116. The molecule has 1 aromatic carbocycles. The number of hydrogen-bond donors (Lipinski definition) is 0. The Kier molecular flexibility index (Phi) is 4.48. The Hall–Kier alpha value is -0.0800. The van der Waals surface area contributed by atoms with Gasteiger partial charge in [-0.1, -0.05) is 41.3 Å². The van der Waals surface area contributed by atoms with E-state index >= 15 is 0 Å². The highest BCUT2D eigenvalue weighted by Crippen LogP contribution is 2.40. The van der Waals surface area contributed by atoms with Crippen LogP contribution >= 0.6 is 27.5 Å². The molecule has 1 aliphatic carbocycles. The molecule has 17 heavy (non-hydrogen) atoms. The summed E-state index contributed by atoms with van der Waals surface area (Å²) in [7, 11) is 0. The van der Waals surface area contributed by atoms with Crippen molar-refractivity contribution in [3.8, 4) is 0 Å². The lowest BCUT2D eigenvalue weighted by Crippen LogP contribution is -2.29. The van der Waals surface area contributed by atoms with Gasteiger partial charge < -0.3 is 0 Å². The summed E-state index contributed by atoms with van der Waals surface area (Å²) in [6.07, 6.45) is 6.78. The normalized spacial score (nSPS) is 19.2. The summed E-state index contributed by atoms with van der Waals surface area (Å²) in [5.74, 6) is 0.525. The molecule has 0 unspecified atom stereocenters. The third-order valence-corrected chi connectivity index (χ3v) is 4.84. The molecule has 0 heterocycles. The molecule has 0 saturated heterocycles. The summed E-state index contributed by atoms with van der Waals surface area (Å²) < 4.78 is 14.6. The van der Waals surface area contributed by atoms with Crippen molar-refractivity contribution < 1.29 is 4.39 Å². The van der Waals surface area contributed by atoms with Gasteiger partial charge >= 0.3 is 0 Å². The number of rotatable bonds is 3. The van der Waals surface area contributed by atoms with Crippen LogP contribution in [0.1, 0.15) is 37.7 Å². The second-order valence-electron chi connectivity index (χ2n) is 5.11. The molecule has 1 saturated carbocycles. The zero-order valence-electron chi connectivity index (χ0n) is 9.82. The molecule has 0 bridgehead atoms. The zero-order chi connectivity index (χ0) is 12.3. The summed E-state index contributed by atoms with van der Waals surface area (Å²) in [4.78, 5) is 0. The van der Waals surface area contributed by atoms with E-state index in [4.69, 9.17) is 11.6 Å². The van der Waals surface area contributed by atoms with Crippen molar-refractivity contribution in [2.45, 2.75) is 38.5 Å². The van der Waals surface area contributed by atoms with Gasteiger partial charge in [-0.3, -0.25) is 0 Å². The maximum atomic E-state index is 13.8. The minimum atomic E-state index is -0.116. The number of halogens is 3. The summed E-state index contributed by atoms with van der Waals surface area (Å²) in [5, 5.41) is 0. The van der Waals surface area contributed by atoms with Crippen LogP contribution in [0.2, 0.25) is 0 Å². The van der Waals surface area contributed by atoms with Crippen molar-refractivity contribution in [3.05, 3.63) is 34.1 Å². The van der Waals surface area contributed by atoms with Gasteiger partial charge in [0.2, 0.25) is 0 Å². The van der Waals surface area contributed by atoms with Crippen LogP contribution in [-0.4, -0.2) is 5.88 Å². The fraction of sp³-hybridized carbons (Fsp3) is 0.571. The summed E-state index contributed by atoms with van der Waals surface area (Å²) >= 11 is 9.42. The van der Waals surface area contributed by atoms with Crippen LogP contribution in [0.3, 0.4) is 0 Å². The van der Waals surface area contributed by atoms with Gasteiger partial charge in [0.05, 0.1) is 0 Å². The standard InChI is InChI=1S/C14H17BrClF/c15-12-5-4-11(13(17)8-12)9-14(10-16)6-2-1-3-7-14/h4-5,8H,1-3,6-7,9-10H2. The lowest BCUT2D eigenvalue weighted by Gasteiger charge is -2.35. The van der Waals surface area contributed by atoms with Gasteiger partial charge in [0, 0.05) is 10.4 Å². The third kappa shape index (κ3) is 3.23. The van der Waals surface area contributed by atoms with Crippen LogP contribution in [0.15, 0.2) is 22.7 Å². The predicted octanol–water partition coefficient (Wildman–Crippen LogP) is 5.32. The molecule has 0 atom stereocenters. The maximum absolute atomic E-state index is 13.8. The molecule has 94 valence electrons. The van der Waals surface area contributed by atoms with Crippen molar-refractivity contribution in [2.24, 2.45) is 5.41 Å². The van der Waals surface area contributed by atoms with Crippen LogP contribution in [0, 0.1) is 11.2 Å². The van der Waals surface area contributed by atoms with Gasteiger partial charge in [0.1, 0.15) is 5.82 Å². The van der Waals surface area contributed by atoms with E-state index in [1.807, 2.05) is 12.1 Å². The minimum Gasteiger partial charge on any atom is -0.207 e. The van der Waals surface area contributed by atoms with E-state index in [2.05, 4.69) is 15.9 Å². The first-order valence-corrected chi connectivity index (χ1v) is 7.48. The Morgan fingerprint density at radius 2 is 1.94 bits per heavy atom. The molecule has 0 N–H and O–H groups in total. The first-order valence-electron chi connectivity index (χ1n) is 6.15. The molecule has 1 fully saturated rings. The number of benzene rings is 1. The van der Waals surface area contributed by atoms with E-state index in [1.165, 1.54) is 19.3 Å². The summed E-state index contributed by atoms with van der Waals surface area (Å²) in [6.45, 7) is 0. The van der Waals surface area contributed by atoms with E-state index < -0.39 is 0 Å². The van der Waals surface area contributed by atoms with E-state index in [0.717, 1.165) is 29.3 Å². The van der Waals surface area contributed by atoms with E-state index in [1.54, 1.807) is 6.07 Å². The second-order valence-corrected chi connectivity index (χ2v) is 6.29. The van der Waals surface area contributed by atoms with Crippen molar-refractivity contribution in [3.63, 3.8) is 0 Å². The third-order valence-electron chi connectivity index (χ3n) is 3.78. The SMILES string of the molecule is Fc1cc(Br)ccc1CC1(CCl)CCCCC1. The second kappa shape index (κ2) is 5.71. The lowest BCUT2D eigenvalue weighted by atomic mass is 9.72. The van der Waals surface area contributed by atoms with Gasteiger partial charge in [0.15, 0.2) is 0 Å². The molecular formula is C14H17BrClF. The molecule has 0 nitrogen and oxygen atoms in total. The van der Waals surface area contributed by atoms with Gasteiger partial charge in [0.25, 0.3) is 0 Å². The summed E-state index contributed by atoms with van der Waals surface area (Å²) in [6, 6.07) is 5.32. The fourth-order valence-electron chi connectivity index (χ4n) is 2.73. The zero-order valence-corrected chi connectivity index (χ0v) is 12.2. The number of alkyl halides is 1. The summed E-state index contributed by atoms with van der Waals surface area (Å²) in [5.41, 5.74) is 0.921. The Labute approximate surface area is 116 Å². The molecular weight excluding hydrogens is 303 g/mol. The van der Waals surface area contributed by atoms with Crippen LogP contribution in [-0.2, 0) is 6.42 Å². The molecule has 1 aliphatic rings. The topological polar surface area (TPSA) is 0 Å². The Balaban J connectivity index is 2.17. The molecule has 3 heteroatoms. The Bertz CT molecular complexity index is 386. The fourth-order valence-corrected chi connectivity index (χ4v) is 3.42. The molecule has 0 radical (unpaired) electrons. The van der Waals surface area contributed by atoms with Gasteiger partial charge in [-0.05, 0) is 42.4 Å².